The number of hydrogen-bond acceptors (Lipinski definition) is 4. The van der Waals surface area contributed by atoms with Crippen LogP contribution in [0.4, 0.5) is 17.6 Å². The predicted octanol–water partition coefficient (Wildman–Crippen LogP) is 11.0. The van der Waals surface area contributed by atoms with Gasteiger partial charge in [0, 0.05) is 59.3 Å². The Balaban J connectivity index is 0.000000310. The summed E-state index contributed by atoms with van der Waals surface area (Å²) in [5, 5.41) is 0. The van der Waals surface area contributed by atoms with Crippen LogP contribution in [0.2, 0.25) is 0 Å². The second-order valence-electron chi connectivity index (χ2n) is 12.7. The first-order valence-corrected chi connectivity index (χ1v) is 19.1. The molecule has 57 heavy (non-hydrogen) atoms. The Hall–Kier alpha value is -3.77. The quantitative estimate of drug-likeness (QED) is 0.0434. The summed E-state index contributed by atoms with van der Waals surface area (Å²) in [6, 6.07) is 16.8. The van der Waals surface area contributed by atoms with Gasteiger partial charge in [0.15, 0.2) is 0 Å². The van der Waals surface area contributed by atoms with Crippen LogP contribution in [-0.2, 0) is 53.9 Å². The smallest absolute Gasteiger partial charge is 0.379 e. The molecule has 0 saturated heterocycles. The van der Waals surface area contributed by atoms with Crippen LogP contribution in [0.5, 0.6) is 0 Å². The van der Waals surface area contributed by atoms with Crippen molar-refractivity contribution < 1.29 is 58.2 Å². The van der Waals surface area contributed by atoms with Gasteiger partial charge in [0.05, 0.1) is 39.6 Å². The van der Waals surface area contributed by atoms with E-state index in [1.807, 2.05) is 62.4 Å². The zero-order chi connectivity index (χ0) is 40.4. The molecule has 0 bridgehead atoms. The van der Waals surface area contributed by atoms with Gasteiger partial charge in [-0.25, -0.2) is 41.9 Å². The van der Waals surface area contributed by atoms with Crippen molar-refractivity contribution in [3.8, 4) is 11.4 Å². The molecule has 2 aliphatic rings. The van der Waals surface area contributed by atoms with Gasteiger partial charge in [-0.1, -0.05) is 26.7 Å². The minimum atomic E-state index is -0.714. The van der Waals surface area contributed by atoms with E-state index in [2.05, 4.69) is 50.3 Å². The van der Waals surface area contributed by atoms with Crippen LogP contribution < -0.4 is 0 Å². The van der Waals surface area contributed by atoms with Crippen molar-refractivity contribution in [2.75, 3.05) is 39.6 Å². The van der Waals surface area contributed by atoms with Crippen LogP contribution in [0.3, 0.4) is 0 Å². The Labute approximate surface area is 351 Å². The van der Waals surface area contributed by atoms with Gasteiger partial charge >= 0.3 is 21.7 Å². The van der Waals surface area contributed by atoms with Gasteiger partial charge in [-0.3, -0.25) is 12.2 Å². The third kappa shape index (κ3) is 18.6. The molecule has 0 radical (unpaired) electrons. The Bertz CT molecular complexity index is 1680. The largest absolute Gasteiger partial charge is 4.00 e. The van der Waals surface area contributed by atoms with E-state index in [0.717, 1.165) is 74.5 Å². The first kappa shape index (κ1) is 49.4. The number of ether oxygens (including phenoxy) is 4. The maximum Gasteiger partial charge on any atom is 4.00 e. The first-order valence-electron chi connectivity index (χ1n) is 19.1. The average molecular weight is 823 g/mol. The molecule has 304 valence electrons. The van der Waals surface area contributed by atoms with Crippen LogP contribution in [0.1, 0.15) is 75.1 Å². The third-order valence-electron chi connectivity index (χ3n) is 8.18. The van der Waals surface area contributed by atoms with Crippen molar-refractivity contribution in [2.24, 2.45) is 0 Å². The van der Waals surface area contributed by atoms with Crippen LogP contribution in [-0.4, -0.2) is 48.8 Å². The molecule has 0 unspecified atom stereocenters. The first-order chi connectivity index (χ1) is 27.3. The number of nitrogens with zero attached hydrogens (tertiary/aromatic N) is 2. The molecule has 2 aromatic heterocycles. The second kappa shape index (κ2) is 29.4. The topological polar surface area (TPSA) is 46.8 Å². The Morgan fingerprint density at radius 3 is 1.26 bits per heavy atom. The van der Waals surface area contributed by atoms with E-state index >= 15 is 0 Å². The third-order valence-corrected chi connectivity index (χ3v) is 8.18. The van der Waals surface area contributed by atoms with Crippen LogP contribution in [0, 0.1) is 61.4 Å². The van der Waals surface area contributed by atoms with E-state index in [1.165, 1.54) is 24.3 Å². The summed E-state index contributed by atoms with van der Waals surface area (Å²) in [5.74, 6) is -2.85. The average Bonchev–Trinajstić information content (AvgIpc) is 4.04. The molecule has 0 fully saturated rings. The number of hydrogen-bond donors (Lipinski definition) is 0. The summed E-state index contributed by atoms with van der Waals surface area (Å²) in [6.45, 7) is 12.1. The molecular weight excluding hydrogens is 768 g/mol. The van der Waals surface area contributed by atoms with Crippen molar-refractivity contribution in [3.05, 3.63) is 155 Å². The number of benzene rings is 2. The predicted molar refractivity (Wildman–Crippen MR) is 212 cm³/mol. The van der Waals surface area contributed by atoms with Crippen LogP contribution >= 0.6 is 0 Å². The summed E-state index contributed by atoms with van der Waals surface area (Å²) < 4.78 is 79.4. The standard InChI is InChI=1S/2C18H22F2NO2.2C5H5.Ti/c2*1-3-4-9-22-10-11-23-13-16-7-5-14(2)21(16)18-8-6-15(19)12-17(18)20;2*1-2-4-5-3-1;/h2*5-8H,3-4,9-11,13H2,1-2H3;2*1-3H,4H2;/q4*-1;+4. The van der Waals surface area contributed by atoms with E-state index in [4.69, 9.17) is 18.9 Å². The Morgan fingerprint density at radius 1 is 0.544 bits per heavy atom. The second-order valence-corrected chi connectivity index (χ2v) is 12.7. The summed E-state index contributed by atoms with van der Waals surface area (Å²) in [5.41, 5.74) is 3.84. The molecule has 11 heteroatoms. The number of rotatable bonds is 18. The fraction of sp³-hybridized carbons (Fsp3) is 0.391. The molecule has 2 aliphatic carbocycles. The van der Waals surface area contributed by atoms with E-state index in [1.54, 1.807) is 9.13 Å². The van der Waals surface area contributed by atoms with Crippen molar-refractivity contribution in [2.45, 2.75) is 79.4 Å². The van der Waals surface area contributed by atoms with Crippen LogP contribution in [0.15, 0.2) is 85.0 Å². The van der Waals surface area contributed by atoms with Crippen molar-refractivity contribution in [1.29, 1.82) is 0 Å². The molecule has 6 rings (SSSR count). The van der Waals surface area contributed by atoms with E-state index in [0.29, 0.717) is 39.6 Å². The summed E-state index contributed by atoms with van der Waals surface area (Å²) in [4.78, 5) is 0. The molecule has 0 saturated carbocycles. The molecule has 2 aromatic carbocycles. The molecule has 0 spiro atoms. The Kier molecular flexibility index (Phi) is 25.5. The van der Waals surface area contributed by atoms with Gasteiger partial charge in [0.25, 0.3) is 0 Å². The fourth-order valence-corrected chi connectivity index (χ4v) is 5.28. The van der Waals surface area contributed by atoms with Crippen molar-refractivity contribution in [1.82, 2.24) is 9.13 Å². The SMILES string of the molecule is CCCCOCCOCc1ccc(C)n1-c1ccc(F)[c-]c1F.CCCCOCCOCc1ccc(C)n1-c1ccc(F)[c-]c1F.[C-]1=CC=CC1.[C-]1=CC=CC1.[Ti+4]. The molecule has 0 aliphatic heterocycles. The minimum absolute atomic E-state index is 0. The normalized spacial score (nSPS) is 12.1. The zero-order valence-corrected chi connectivity index (χ0v) is 35.1. The van der Waals surface area contributed by atoms with E-state index < -0.39 is 23.3 Å². The minimum Gasteiger partial charge on any atom is -0.379 e. The summed E-state index contributed by atoms with van der Waals surface area (Å²) in [6.07, 6.45) is 24.3. The monoisotopic (exact) mass is 822 g/mol. The van der Waals surface area contributed by atoms with E-state index in [9.17, 15) is 17.6 Å². The number of aryl methyl sites for hydroxylation is 2. The molecule has 0 amide bonds. The van der Waals surface area contributed by atoms with Gasteiger partial charge in [0.1, 0.15) is 0 Å². The number of halogens is 4. The number of unbranched alkanes of at least 4 members (excludes halogenated alkanes) is 2. The maximum atomic E-state index is 14.0. The zero-order valence-electron chi connectivity index (χ0n) is 33.5. The van der Waals surface area contributed by atoms with Crippen molar-refractivity contribution >= 4 is 0 Å². The van der Waals surface area contributed by atoms with Gasteiger partial charge in [-0.05, 0) is 62.3 Å². The van der Waals surface area contributed by atoms with Crippen molar-refractivity contribution in [3.63, 3.8) is 0 Å². The summed E-state index contributed by atoms with van der Waals surface area (Å²) >= 11 is 0. The van der Waals surface area contributed by atoms with Gasteiger partial charge in [-0.15, -0.1) is 49.2 Å². The fourth-order valence-electron chi connectivity index (χ4n) is 5.28. The van der Waals surface area contributed by atoms with E-state index in [-0.39, 0.29) is 33.1 Å². The molecule has 6 nitrogen and oxygen atoms in total. The Morgan fingerprint density at radius 2 is 0.947 bits per heavy atom. The van der Waals surface area contributed by atoms with Crippen LogP contribution in [0.25, 0.3) is 11.4 Å². The summed E-state index contributed by atoms with van der Waals surface area (Å²) in [7, 11) is 0. The molecule has 0 atom stereocenters. The molecule has 4 aromatic rings. The number of allylic oxidation sites excluding steroid dienone is 8. The molecular formula is C46H54F4N2O4Ti. The maximum absolute atomic E-state index is 14.0. The van der Waals surface area contributed by atoms with Gasteiger partial charge in [0.2, 0.25) is 0 Å². The molecule has 2 heterocycles. The van der Waals surface area contributed by atoms with Gasteiger partial charge in [-0.2, -0.15) is 12.2 Å². The number of aromatic nitrogens is 2. The molecule has 0 N–H and O–H groups in total. The van der Waals surface area contributed by atoms with Gasteiger partial charge < -0.3 is 28.1 Å².